The summed E-state index contributed by atoms with van der Waals surface area (Å²) < 4.78 is 9.46. The standard InChI is InChI=1S/C12H14O4/c1-15-11(13)9-7-3-5-8(6-4-7)10(9)12(14)16-2/h3,5,7-8H,4,6H2,1-2H3/t7-,8-/m0/s1. The molecule has 0 saturated heterocycles. The molecule has 0 fully saturated rings. The van der Waals surface area contributed by atoms with E-state index in [0.717, 1.165) is 12.8 Å². The number of esters is 2. The summed E-state index contributed by atoms with van der Waals surface area (Å²) in [6.07, 6.45) is 5.75. The van der Waals surface area contributed by atoms with Crippen molar-refractivity contribution in [3.05, 3.63) is 23.3 Å². The van der Waals surface area contributed by atoms with Crippen LogP contribution in [-0.4, -0.2) is 26.2 Å². The molecule has 0 N–H and O–H groups in total. The maximum Gasteiger partial charge on any atom is 0.334 e. The van der Waals surface area contributed by atoms with Gasteiger partial charge in [-0.05, 0) is 12.8 Å². The molecule has 86 valence electrons. The van der Waals surface area contributed by atoms with Crippen molar-refractivity contribution in [2.45, 2.75) is 12.8 Å². The average Bonchev–Trinajstić information content (AvgIpc) is 2.37. The van der Waals surface area contributed by atoms with Crippen LogP contribution in [0.25, 0.3) is 0 Å². The molecule has 0 heterocycles. The van der Waals surface area contributed by atoms with E-state index in [1.54, 1.807) is 0 Å². The summed E-state index contributed by atoms with van der Waals surface area (Å²) in [6, 6.07) is 0. The van der Waals surface area contributed by atoms with Gasteiger partial charge in [0.2, 0.25) is 0 Å². The van der Waals surface area contributed by atoms with E-state index < -0.39 is 11.9 Å². The molecule has 0 radical (unpaired) electrons. The van der Waals surface area contributed by atoms with Gasteiger partial charge in [0, 0.05) is 11.8 Å². The first-order chi connectivity index (χ1) is 7.69. The molecule has 3 aliphatic carbocycles. The lowest BCUT2D eigenvalue weighted by atomic mass is 9.71. The molecule has 3 rings (SSSR count). The fourth-order valence-corrected chi connectivity index (χ4v) is 2.44. The van der Waals surface area contributed by atoms with Crippen LogP contribution < -0.4 is 0 Å². The normalized spacial score (nSPS) is 26.9. The molecule has 0 amide bonds. The van der Waals surface area contributed by atoms with Crippen LogP contribution in [0.2, 0.25) is 0 Å². The third-order valence-electron chi connectivity index (χ3n) is 3.21. The summed E-state index contributed by atoms with van der Waals surface area (Å²) in [4.78, 5) is 23.3. The molecule has 16 heavy (non-hydrogen) atoms. The molecular weight excluding hydrogens is 208 g/mol. The molecule has 2 bridgehead atoms. The molecule has 4 heteroatoms. The maximum absolute atomic E-state index is 11.7. The van der Waals surface area contributed by atoms with Crippen LogP contribution in [0.4, 0.5) is 0 Å². The molecule has 4 nitrogen and oxygen atoms in total. The summed E-state index contributed by atoms with van der Waals surface area (Å²) in [5.74, 6) is -0.822. The molecule has 0 aromatic rings. The molecule has 0 unspecified atom stereocenters. The van der Waals surface area contributed by atoms with E-state index in [1.165, 1.54) is 14.2 Å². The zero-order valence-electron chi connectivity index (χ0n) is 9.36. The van der Waals surface area contributed by atoms with E-state index in [-0.39, 0.29) is 11.8 Å². The maximum atomic E-state index is 11.7. The van der Waals surface area contributed by atoms with Crippen molar-refractivity contribution in [3.63, 3.8) is 0 Å². The Labute approximate surface area is 93.9 Å². The monoisotopic (exact) mass is 222 g/mol. The van der Waals surface area contributed by atoms with Crippen LogP contribution >= 0.6 is 0 Å². The van der Waals surface area contributed by atoms with Crippen molar-refractivity contribution in [1.29, 1.82) is 0 Å². The SMILES string of the molecule is COC(=O)C1=C(C(=O)OC)[C@H]2C=C[C@H]1CC2. The summed E-state index contributed by atoms with van der Waals surface area (Å²) in [7, 11) is 2.66. The molecule has 0 aliphatic heterocycles. The summed E-state index contributed by atoms with van der Waals surface area (Å²) in [6.45, 7) is 0. The second kappa shape index (κ2) is 4.12. The van der Waals surface area contributed by atoms with E-state index in [9.17, 15) is 9.59 Å². The quantitative estimate of drug-likeness (QED) is 0.521. The van der Waals surface area contributed by atoms with Crippen molar-refractivity contribution in [2.24, 2.45) is 11.8 Å². The minimum absolute atomic E-state index is 0.00606. The molecule has 0 aromatic carbocycles. The third-order valence-corrected chi connectivity index (χ3v) is 3.21. The number of rotatable bonds is 2. The van der Waals surface area contributed by atoms with Gasteiger partial charge < -0.3 is 9.47 Å². The first-order valence-corrected chi connectivity index (χ1v) is 5.28. The number of allylic oxidation sites excluding steroid dienone is 2. The predicted octanol–water partition coefficient (Wildman–Crippen LogP) is 1.22. The van der Waals surface area contributed by atoms with Crippen LogP contribution in [0, 0.1) is 11.8 Å². The Morgan fingerprint density at radius 2 is 1.38 bits per heavy atom. The van der Waals surface area contributed by atoms with Gasteiger partial charge in [-0.3, -0.25) is 0 Å². The highest BCUT2D eigenvalue weighted by Crippen LogP contribution is 2.41. The first kappa shape index (κ1) is 10.9. The Bertz CT molecular complexity index is 356. The Morgan fingerprint density at radius 1 is 1.00 bits per heavy atom. The lowest BCUT2D eigenvalue weighted by molar-refractivity contribution is -0.140. The number of hydrogen-bond donors (Lipinski definition) is 0. The Kier molecular flexibility index (Phi) is 2.81. The van der Waals surface area contributed by atoms with Gasteiger partial charge in [0.25, 0.3) is 0 Å². The zero-order chi connectivity index (χ0) is 11.7. The highest BCUT2D eigenvalue weighted by molar-refractivity contribution is 6.02. The minimum atomic E-state index is -0.417. The molecule has 2 atom stereocenters. The van der Waals surface area contributed by atoms with Crippen molar-refractivity contribution in [1.82, 2.24) is 0 Å². The number of fused-ring (bicyclic) bond motifs is 1. The van der Waals surface area contributed by atoms with Gasteiger partial charge in [-0.15, -0.1) is 0 Å². The molecule has 0 aromatic heterocycles. The summed E-state index contributed by atoms with van der Waals surface area (Å²) in [5.41, 5.74) is 0.959. The second-order valence-corrected chi connectivity index (χ2v) is 3.99. The van der Waals surface area contributed by atoms with Crippen LogP contribution in [0.15, 0.2) is 23.3 Å². The van der Waals surface area contributed by atoms with Gasteiger partial charge >= 0.3 is 11.9 Å². The van der Waals surface area contributed by atoms with Crippen molar-refractivity contribution < 1.29 is 19.1 Å². The van der Waals surface area contributed by atoms with Gasteiger partial charge in [0.1, 0.15) is 0 Å². The van der Waals surface area contributed by atoms with E-state index in [1.807, 2.05) is 12.2 Å². The smallest absolute Gasteiger partial charge is 0.334 e. The van der Waals surface area contributed by atoms with Crippen LogP contribution in [0.1, 0.15) is 12.8 Å². The van der Waals surface area contributed by atoms with Crippen molar-refractivity contribution in [3.8, 4) is 0 Å². The molecule has 0 saturated carbocycles. The lowest BCUT2D eigenvalue weighted by Crippen LogP contribution is -2.31. The Balaban J connectivity index is 2.46. The van der Waals surface area contributed by atoms with Gasteiger partial charge in [-0.25, -0.2) is 9.59 Å². The summed E-state index contributed by atoms with van der Waals surface area (Å²) >= 11 is 0. The van der Waals surface area contributed by atoms with Gasteiger partial charge in [0.05, 0.1) is 25.4 Å². The fraction of sp³-hybridized carbons (Fsp3) is 0.500. The number of ether oxygens (including phenoxy) is 2. The Morgan fingerprint density at radius 3 is 1.62 bits per heavy atom. The van der Waals surface area contributed by atoms with Gasteiger partial charge in [-0.1, -0.05) is 12.2 Å². The minimum Gasteiger partial charge on any atom is -0.466 e. The number of hydrogen-bond acceptors (Lipinski definition) is 4. The fourth-order valence-electron chi connectivity index (χ4n) is 2.44. The molecule has 3 aliphatic rings. The number of carbonyl (C=O) groups excluding carboxylic acids is 2. The van der Waals surface area contributed by atoms with E-state index in [0.29, 0.717) is 11.1 Å². The second-order valence-electron chi connectivity index (χ2n) is 3.99. The average molecular weight is 222 g/mol. The predicted molar refractivity (Wildman–Crippen MR) is 56.4 cm³/mol. The van der Waals surface area contributed by atoms with E-state index in [2.05, 4.69) is 0 Å². The highest BCUT2D eigenvalue weighted by Gasteiger charge is 2.39. The van der Waals surface area contributed by atoms with Crippen LogP contribution in [0.3, 0.4) is 0 Å². The molecular formula is C12H14O4. The van der Waals surface area contributed by atoms with Crippen molar-refractivity contribution in [2.75, 3.05) is 14.2 Å². The van der Waals surface area contributed by atoms with Crippen LogP contribution in [0.5, 0.6) is 0 Å². The largest absolute Gasteiger partial charge is 0.466 e. The highest BCUT2D eigenvalue weighted by atomic mass is 16.5. The molecule has 0 spiro atoms. The van der Waals surface area contributed by atoms with Gasteiger partial charge in [-0.2, -0.15) is 0 Å². The summed E-state index contributed by atoms with van der Waals surface area (Å²) in [5, 5.41) is 0. The van der Waals surface area contributed by atoms with Crippen LogP contribution in [-0.2, 0) is 19.1 Å². The number of methoxy groups -OCH3 is 2. The third kappa shape index (κ3) is 1.54. The first-order valence-electron chi connectivity index (χ1n) is 5.28. The lowest BCUT2D eigenvalue weighted by Gasteiger charge is -2.33. The number of carbonyl (C=O) groups is 2. The van der Waals surface area contributed by atoms with E-state index >= 15 is 0 Å². The zero-order valence-corrected chi connectivity index (χ0v) is 9.36. The van der Waals surface area contributed by atoms with E-state index in [4.69, 9.17) is 9.47 Å². The Hall–Kier alpha value is -1.58. The van der Waals surface area contributed by atoms with Gasteiger partial charge in [0.15, 0.2) is 0 Å². The topological polar surface area (TPSA) is 52.6 Å². The van der Waals surface area contributed by atoms with Crippen molar-refractivity contribution >= 4 is 11.9 Å².